The maximum absolute atomic E-state index is 12.3. The van der Waals surface area contributed by atoms with Gasteiger partial charge in [-0.25, -0.2) is 0 Å². The molecule has 0 spiro atoms. The van der Waals surface area contributed by atoms with Crippen molar-refractivity contribution < 1.29 is 4.79 Å². The average molecular weight is 260 g/mol. The molecule has 2 rings (SSSR count). The molecule has 1 aromatic carbocycles. The molecule has 3 heteroatoms. The van der Waals surface area contributed by atoms with Gasteiger partial charge in [0.2, 0.25) is 5.91 Å². The van der Waals surface area contributed by atoms with E-state index in [9.17, 15) is 4.79 Å². The van der Waals surface area contributed by atoms with Crippen LogP contribution in [0.3, 0.4) is 0 Å². The highest BCUT2D eigenvalue weighted by Crippen LogP contribution is 2.31. The Morgan fingerprint density at radius 1 is 1.47 bits per heavy atom. The molecule has 3 atom stereocenters. The molecular formula is C16H24N2O. The Balaban J connectivity index is 1.98. The molecular weight excluding hydrogens is 236 g/mol. The molecule has 0 aromatic heterocycles. The first-order valence-corrected chi connectivity index (χ1v) is 7.19. The molecule has 104 valence electrons. The summed E-state index contributed by atoms with van der Waals surface area (Å²) in [7, 11) is 0. The van der Waals surface area contributed by atoms with E-state index in [4.69, 9.17) is 5.73 Å². The predicted octanol–water partition coefficient (Wildman–Crippen LogP) is 2.55. The van der Waals surface area contributed by atoms with Gasteiger partial charge < -0.3 is 11.1 Å². The van der Waals surface area contributed by atoms with Crippen LogP contribution in [0.4, 0.5) is 0 Å². The van der Waals surface area contributed by atoms with Gasteiger partial charge in [0, 0.05) is 5.92 Å². The maximum Gasteiger partial charge on any atom is 0.223 e. The van der Waals surface area contributed by atoms with Gasteiger partial charge >= 0.3 is 0 Å². The van der Waals surface area contributed by atoms with E-state index in [1.54, 1.807) is 0 Å². The summed E-state index contributed by atoms with van der Waals surface area (Å²) in [5.41, 5.74) is 8.13. The second-order valence-corrected chi connectivity index (χ2v) is 5.68. The lowest BCUT2D eigenvalue weighted by Gasteiger charge is -2.21. The van der Waals surface area contributed by atoms with Gasteiger partial charge in [-0.15, -0.1) is 0 Å². The van der Waals surface area contributed by atoms with Crippen molar-refractivity contribution in [2.24, 2.45) is 17.6 Å². The number of nitrogens with one attached hydrogen (secondary N) is 1. The zero-order valence-corrected chi connectivity index (χ0v) is 11.9. The lowest BCUT2D eigenvalue weighted by molar-refractivity contribution is -0.126. The first-order valence-electron chi connectivity index (χ1n) is 7.19. The minimum atomic E-state index is 0.0615. The van der Waals surface area contributed by atoms with E-state index in [0.717, 1.165) is 24.8 Å². The Labute approximate surface area is 115 Å². The average Bonchev–Trinajstić information content (AvgIpc) is 2.87. The number of hydrogen-bond acceptors (Lipinski definition) is 2. The molecule has 0 saturated heterocycles. The second-order valence-electron chi connectivity index (χ2n) is 5.68. The van der Waals surface area contributed by atoms with Crippen LogP contribution in [0.5, 0.6) is 0 Å². The summed E-state index contributed by atoms with van der Waals surface area (Å²) in [6, 6.07) is 8.35. The zero-order valence-electron chi connectivity index (χ0n) is 11.9. The van der Waals surface area contributed by atoms with E-state index in [1.165, 1.54) is 5.56 Å². The highest BCUT2D eigenvalue weighted by atomic mass is 16.2. The van der Waals surface area contributed by atoms with Crippen LogP contribution in [-0.2, 0) is 4.79 Å². The molecule has 1 aliphatic rings. The van der Waals surface area contributed by atoms with Crippen molar-refractivity contribution in [3.63, 3.8) is 0 Å². The minimum Gasteiger partial charge on any atom is -0.349 e. The summed E-state index contributed by atoms with van der Waals surface area (Å²) in [5.74, 6) is 0.643. The van der Waals surface area contributed by atoms with E-state index >= 15 is 0 Å². The Morgan fingerprint density at radius 3 is 2.95 bits per heavy atom. The summed E-state index contributed by atoms with van der Waals surface area (Å²) >= 11 is 0. The fourth-order valence-electron chi connectivity index (χ4n) is 3.01. The third-order valence-electron chi connectivity index (χ3n) is 4.20. The predicted molar refractivity (Wildman–Crippen MR) is 77.6 cm³/mol. The number of carbonyl (C=O) groups excluding carboxylic acids is 1. The summed E-state index contributed by atoms with van der Waals surface area (Å²) in [4.78, 5) is 12.3. The van der Waals surface area contributed by atoms with E-state index in [1.807, 2.05) is 13.0 Å². The quantitative estimate of drug-likeness (QED) is 0.874. The van der Waals surface area contributed by atoms with Gasteiger partial charge in [0.1, 0.15) is 0 Å². The topological polar surface area (TPSA) is 55.1 Å². The van der Waals surface area contributed by atoms with Gasteiger partial charge in [-0.1, -0.05) is 36.2 Å². The summed E-state index contributed by atoms with van der Waals surface area (Å²) in [6.45, 7) is 4.73. The highest BCUT2D eigenvalue weighted by Gasteiger charge is 2.32. The molecule has 1 aliphatic carbocycles. The third-order valence-corrected chi connectivity index (χ3v) is 4.20. The molecule has 1 saturated carbocycles. The van der Waals surface area contributed by atoms with E-state index in [0.29, 0.717) is 12.5 Å². The van der Waals surface area contributed by atoms with Crippen LogP contribution in [0.1, 0.15) is 43.4 Å². The smallest absolute Gasteiger partial charge is 0.223 e. The molecule has 0 heterocycles. The SMILES string of the molecule is Cc1cccc([C@@H](C)NC(=O)C2CCCC2CN)c1. The van der Waals surface area contributed by atoms with Crippen LogP contribution in [0.2, 0.25) is 0 Å². The number of hydrogen-bond donors (Lipinski definition) is 2. The van der Waals surface area contributed by atoms with Crippen molar-refractivity contribution >= 4 is 5.91 Å². The number of aryl methyl sites for hydroxylation is 1. The van der Waals surface area contributed by atoms with Crippen LogP contribution in [0.15, 0.2) is 24.3 Å². The van der Waals surface area contributed by atoms with Gasteiger partial charge in [0.05, 0.1) is 6.04 Å². The van der Waals surface area contributed by atoms with Crippen LogP contribution >= 0.6 is 0 Å². The van der Waals surface area contributed by atoms with Crippen LogP contribution in [-0.4, -0.2) is 12.5 Å². The van der Waals surface area contributed by atoms with Gasteiger partial charge in [0.25, 0.3) is 0 Å². The van der Waals surface area contributed by atoms with Gasteiger partial charge in [-0.05, 0) is 44.7 Å². The van der Waals surface area contributed by atoms with E-state index in [2.05, 4.69) is 30.4 Å². The van der Waals surface area contributed by atoms with Crippen molar-refractivity contribution in [2.45, 2.75) is 39.2 Å². The maximum atomic E-state index is 12.3. The van der Waals surface area contributed by atoms with Crippen LogP contribution < -0.4 is 11.1 Å². The van der Waals surface area contributed by atoms with Crippen LogP contribution in [0, 0.1) is 18.8 Å². The lowest BCUT2D eigenvalue weighted by atomic mass is 9.94. The summed E-state index contributed by atoms with van der Waals surface area (Å²) in [5, 5.41) is 3.14. The number of nitrogens with two attached hydrogens (primary N) is 1. The molecule has 1 fully saturated rings. The van der Waals surface area contributed by atoms with E-state index < -0.39 is 0 Å². The molecule has 19 heavy (non-hydrogen) atoms. The van der Waals surface area contributed by atoms with Gasteiger partial charge in [-0.3, -0.25) is 4.79 Å². The molecule has 3 nitrogen and oxygen atoms in total. The third kappa shape index (κ3) is 3.35. The molecule has 2 unspecified atom stereocenters. The van der Waals surface area contributed by atoms with Crippen molar-refractivity contribution in [3.8, 4) is 0 Å². The molecule has 0 aliphatic heterocycles. The van der Waals surface area contributed by atoms with Crippen molar-refractivity contribution in [3.05, 3.63) is 35.4 Å². The van der Waals surface area contributed by atoms with Crippen molar-refractivity contribution in [1.82, 2.24) is 5.32 Å². The monoisotopic (exact) mass is 260 g/mol. The number of rotatable bonds is 4. The number of benzene rings is 1. The second kappa shape index (κ2) is 6.20. The highest BCUT2D eigenvalue weighted by molar-refractivity contribution is 5.79. The molecule has 3 N–H and O–H groups in total. The normalized spacial score (nSPS) is 24.2. The summed E-state index contributed by atoms with van der Waals surface area (Å²) in [6.07, 6.45) is 3.19. The molecule has 0 bridgehead atoms. The van der Waals surface area contributed by atoms with Crippen molar-refractivity contribution in [1.29, 1.82) is 0 Å². The Bertz CT molecular complexity index is 444. The fourth-order valence-corrected chi connectivity index (χ4v) is 3.01. The Morgan fingerprint density at radius 2 is 2.26 bits per heavy atom. The van der Waals surface area contributed by atoms with Crippen LogP contribution in [0.25, 0.3) is 0 Å². The fraction of sp³-hybridized carbons (Fsp3) is 0.562. The van der Waals surface area contributed by atoms with Gasteiger partial charge in [0.15, 0.2) is 0 Å². The van der Waals surface area contributed by atoms with E-state index in [-0.39, 0.29) is 17.9 Å². The largest absolute Gasteiger partial charge is 0.349 e. The standard InChI is InChI=1S/C16H24N2O/c1-11-5-3-6-13(9-11)12(2)18-16(19)15-8-4-7-14(15)10-17/h3,5-6,9,12,14-15H,4,7-8,10,17H2,1-2H3,(H,18,19)/t12-,14?,15?/m1/s1. The first kappa shape index (κ1) is 14.1. The number of carbonyl (C=O) groups is 1. The number of amides is 1. The first-order chi connectivity index (χ1) is 9.11. The molecule has 1 amide bonds. The molecule has 0 radical (unpaired) electrons. The van der Waals surface area contributed by atoms with Gasteiger partial charge in [-0.2, -0.15) is 0 Å². The summed E-state index contributed by atoms with van der Waals surface area (Å²) < 4.78 is 0. The lowest BCUT2D eigenvalue weighted by Crippen LogP contribution is -2.36. The van der Waals surface area contributed by atoms with Crippen molar-refractivity contribution in [2.75, 3.05) is 6.54 Å². The Kier molecular flexibility index (Phi) is 4.59. The zero-order chi connectivity index (χ0) is 13.8. The minimum absolute atomic E-state index is 0.0615. The molecule has 1 aromatic rings. The Hall–Kier alpha value is -1.35.